The van der Waals surface area contributed by atoms with Crippen molar-refractivity contribution < 1.29 is 8.42 Å². The molecule has 4 heterocycles. The topological polar surface area (TPSA) is 106 Å². The SMILES string of the molecule is CN1CCN(c2ncc(S(=O)(=O)NCCNCC3CN=CN3C3(c4ccc(Br)cn4)CC3)s2)CC1. The van der Waals surface area contributed by atoms with Gasteiger partial charge in [-0.15, -0.1) is 0 Å². The molecule has 1 atom stereocenters. The van der Waals surface area contributed by atoms with E-state index in [1.54, 1.807) is 0 Å². The van der Waals surface area contributed by atoms with Crippen LogP contribution < -0.4 is 14.9 Å². The molecule has 2 N–H and O–H groups in total. The Bertz CT molecular complexity index is 1140. The lowest BCUT2D eigenvalue weighted by Gasteiger charge is -2.33. The van der Waals surface area contributed by atoms with Crippen LogP contribution in [-0.4, -0.2) is 100.0 Å². The molecule has 1 aliphatic carbocycles. The molecule has 1 unspecified atom stereocenters. The number of piperazine rings is 1. The number of pyridine rings is 1. The zero-order valence-electron chi connectivity index (χ0n) is 19.7. The lowest BCUT2D eigenvalue weighted by atomic mass is 10.1. The van der Waals surface area contributed by atoms with Crippen molar-refractivity contribution in [2.45, 2.75) is 28.6 Å². The predicted octanol–water partition coefficient (Wildman–Crippen LogP) is 1.32. The van der Waals surface area contributed by atoms with Crippen molar-refractivity contribution in [3.63, 3.8) is 0 Å². The van der Waals surface area contributed by atoms with Crippen LogP contribution in [-0.2, 0) is 15.6 Å². The van der Waals surface area contributed by atoms with Crippen LogP contribution in [0.3, 0.4) is 0 Å². The zero-order valence-corrected chi connectivity index (χ0v) is 22.9. The summed E-state index contributed by atoms with van der Waals surface area (Å²) < 4.78 is 29.4. The summed E-state index contributed by atoms with van der Waals surface area (Å²) in [6.45, 7) is 5.95. The lowest BCUT2D eigenvalue weighted by Crippen LogP contribution is -2.47. The van der Waals surface area contributed by atoms with Crippen LogP contribution in [0.15, 0.2) is 38.2 Å². The number of sulfonamides is 1. The van der Waals surface area contributed by atoms with Gasteiger partial charge in [0, 0.05) is 56.5 Å². The van der Waals surface area contributed by atoms with Gasteiger partial charge in [0.05, 0.1) is 36.4 Å². The van der Waals surface area contributed by atoms with E-state index in [9.17, 15) is 8.42 Å². The molecule has 0 radical (unpaired) electrons. The summed E-state index contributed by atoms with van der Waals surface area (Å²) in [5.74, 6) is 0. The Balaban J connectivity index is 1.09. The number of likely N-dealkylation sites (N-methyl/N-ethyl adjacent to an activating group) is 1. The molecule has 13 heteroatoms. The van der Waals surface area contributed by atoms with Crippen molar-refractivity contribution in [1.82, 2.24) is 29.8 Å². The number of anilines is 1. The standard InChI is InChI=1S/C22H31BrN8O2S2/c1-29-8-10-30(11-9-29)21-27-15-20(34-21)35(32,33)28-7-6-24-13-18-14-25-16-31(18)22(4-5-22)19-3-2-17(23)12-26-19/h2-3,12,15-16,18,24,28H,4-11,13-14H2,1H3. The van der Waals surface area contributed by atoms with Crippen LogP contribution in [0.4, 0.5) is 5.13 Å². The maximum Gasteiger partial charge on any atom is 0.251 e. The third-order valence-electron chi connectivity index (χ3n) is 6.82. The minimum absolute atomic E-state index is 0.0672. The number of nitrogens with one attached hydrogen (secondary N) is 2. The first kappa shape index (κ1) is 25.0. The lowest BCUT2D eigenvalue weighted by molar-refractivity contribution is 0.237. The second kappa shape index (κ2) is 10.4. The van der Waals surface area contributed by atoms with E-state index in [-0.39, 0.29) is 15.8 Å². The highest BCUT2D eigenvalue weighted by Crippen LogP contribution is 2.51. The van der Waals surface area contributed by atoms with Gasteiger partial charge in [-0.1, -0.05) is 11.3 Å². The van der Waals surface area contributed by atoms with E-state index in [1.807, 2.05) is 18.6 Å². The molecule has 0 spiro atoms. The molecular formula is C22H31BrN8O2S2. The van der Waals surface area contributed by atoms with Gasteiger partial charge >= 0.3 is 0 Å². The van der Waals surface area contributed by atoms with E-state index < -0.39 is 10.0 Å². The fourth-order valence-electron chi connectivity index (χ4n) is 4.61. The molecule has 35 heavy (non-hydrogen) atoms. The van der Waals surface area contributed by atoms with Crippen LogP contribution >= 0.6 is 27.3 Å². The van der Waals surface area contributed by atoms with Gasteiger partial charge in [-0.2, -0.15) is 0 Å². The highest BCUT2D eigenvalue weighted by molar-refractivity contribution is 9.10. The van der Waals surface area contributed by atoms with E-state index in [0.29, 0.717) is 13.1 Å². The van der Waals surface area contributed by atoms with Gasteiger partial charge < -0.3 is 20.0 Å². The number of halogens is 1. The van der Waals surface area contributed by atoms with Crippen molar-refractivity contribution in [3.8, 4) is 0 Å². The molecule has 2 aromatic rings. The van der Waals surface area contributed by atoms with Crippen molar-refractivity contribution in [2.24, 2.45) is 4.99 Å². The molecule has 0 amide bonds. The monoisotopic (exact) mass is 582 g/mol. The van der Waals surface area contributed by atoms with Gasteiger partial charge in [-0.05, 0) is 48.0 Å². The van der Waals surface area contributed by atoms with Crippen LogP contribution in [0.1, 0.15) is 18.5 Å². The molecule has 5 rings (SSSR count). The molecule has 0 bridgehead atoms. The van der Waals surface area contributed by atoms with Crippen LogP contribution in [0.2, 0.25) is 0 Å². The number of aromatic nitrogens is 2. The highest BCUT2D eigenvalue weighted by atomic mass is 79.9. The number of thiazole rings is 1. The van der Waals surface area contributed by atoms with Crippen LogP contribution in [0.5, 0.6) is 0 Å². The third-order valence-corrected chi connectivity index (χ3v) is 10.3. The van der Waals surface area contributed by atoms with Crippen molar-refractivity contribution >= 4 is 48.8 Å². The Hall–Kier alpha value is -1.64. The first-order chi connectivity index (χ1) is 16.9. The van der Waals surface area contributed by atoms with E-state index in [1.165, 1.54) is 17.5 Å². The molecule has 1 saturated heterocycles. The summed E-state index contributed by atoms with van der Waals surface area (Å²) in [7, 11) is -1.48. The summed E-state index contributed by atoms with van der Waals surface area (Å²) >= 11 is 4.69. The average Bonchev–Trinajstić information content (AvgIpc) is 3.26. The molecule has 10 nitrogen and oxygen atoms in total. The van der Waals surface area contributed by atoms with Crippen molar-refractivity contribution in [2.75, 3.05) is 64.3 Å². The molecular weight excluding hydrogens is 552 g/mol. The summed E-state index contributed by atoms with van der Waals surface area (Å²) in [6, 6.07) is 4.34. The van der Waals surface area contributed by atoms with Gasteiger partial charge in [-0.25, -0.2) is 18.1 Å². The Kier molecular flexibility index (Phi) is 7.43. The fourth-order valence-corrected chi connectivity index (χ4v) is 7.09. The maximum atomic E-state index is 12.7. The largest absolute Gasteiger partial charge is 0.346 e. The fraction of sp³-hybridized carbons (Fsp3) is 0.591. The van der Waals surface area contributed by atoms with E-state index in [0.717, 1.165) is 67.4 Å². The quantitative estimate of drug-likeness (QED) is 0.404. The molecule has 1 saturated carbocycles. The summed E-state index contributed by atoms with van der Waals surface area (Å²) in [4.78, 5) is 20.3. The van der Waals surface area contributed by atoms with Crippen molar-refractivity contribution in [3.05, 3.63) is 34.7 Å². The van der Waals surface area contributed by atoms with E-state index in [2.05, 4.69) is 68.7 Å². The second-order valence-electron chi connectivity index (χ2n) is 9.29. The molecule has 3 aliphatic rings. The number of nitrogens with zero attached hydrogens (tertiary/aromatic N) is 6. The van der Waals surface area contributed by atoms with Gasteiger partial charge in [-0.3, -0.25) is 9.98 Å². The van der Waals surface area contributed by atoms with Crippen LogP contribution in [0, 0.1) is 0 Å². The summed E-state index contributed by atoms with van der Waals surface area (Å²) in [5, 5.41) is 4.17. The molecule has 0 aromatic carbocycles. The average molecular weight is 584 g/mol. The minimum Gasteiger partial charge on any atom is -0.346 e. The maximum absolute atomic E-state index is 12.7. The Morgan fingerprint density at radius 1 is 1.14 bits per heavy atom. The number of hydrogen-bond donors (Lipinski definition) is 2. The summed E-state index contributed by atoms with van der Waals surface area (Å²) in [6.07, 6.45) is 7.39. The first-order valence-electron chi connectivity index (χ1n) is 11.9. The number of hydrogen-bond acceptors (Lipinski definition) is 10. The molecule has 2 aliphatic heterocycles. The molecule has 190 valence electrons. The number of rotatable bonds is 10. The van der Waals surface area contributed by atoms with Gasteiger partial charge in [0.1, 0.15) is 0 Å². The predicted molar refractivity (Wildman–Crippen MR) is 142 cm³/mol. The van der Waals surface area contributed by atoms with Gasteiger partial charge in [0.2, 0.25) is 0 Å². The Morgan fingerprint density at radius 2 is 1.94 bits per heavy atom. The van der Waals surface area contributed by atoms with E-state index >= 15 is 0 Å². The smallest absolute Gasteiger partial charge is 0.251 e. The summed E-state index contributed by atoms with van der Waals surface area (Å²) in [5.41, 5.74) is 1.01. The van der Waals surface area contributed by atoms with Gasteiger partial charge in [0.25, 0.3) is 10.0 Å². The highest BCUT2D eigenvalue weighted by Gasteiger charge is 2.53. The van der Waals surface area contributed by atoms with Crippen LogP contribution in [0.25, 0.3) is 0 Å². The van der Waals surface area contributed by atoms with Gasteiger partial charge in [0.15, 0.2) is 9.34 Å². The third kappa shape index (κ3) is 5.54. The zero-order chi connectivity index (χ0) is 24.5. The van der Waals surface area contributed by atoms with E-state index in [4.69, 9.17) is 0 Å². The normalized spacial score (nSPS) is 22.2. The molecule has 2 fully saturated rings. The molecule has 2 aromatic heterocycles. The van der Waals surface area contributed by atoms with Crippen molar-refractivity contribution in [1.29, 1.82) is 0 Å². The first-order valence-corrected chi connectivity index (χ1v) is 15.0. The second-order valence-corrected chi connectivity index (χ2v) is 13.2. The number of aliphatic imine (C=N–C) groups is 1. The Labute approximate surface area is 219 Å². The minimum atomic E-state index is -3.57. The Morgan fingerprint density at radius 3 is 2.66 bits per heavy atom.